The van der Waals surface area contributed by atoms with Crippen LogP contribution >= 0.6 is 0 Å². The van der Waals surface area contributed by atoms with Crippen molar-refractivity contribution >= 4 is 0 Å². The molecular weight excluding hydrogens is 216 g/mol. The van der Waals surface area contributed by atoms with Crippen LogP contribution in [0.5, 0.6) is 0 Å². The van der Waals surface area contributed by atoms with Gasteiger partial charge in [0.1, 0.15) is 0 Å². The molecule has 0 N–H and O–H groups in total. The van der Waals surface area contributed by atoms with Gasteiger partial charge in [-0.2, -0.15) is 0 Å². The Morgan fingerprint density at radius 3 is 2.28 bits per heavy atom. The molecule has 0 aromatic heterocycles. The summed E-state index contributed by atoms with van der Waals surface area (Å²) in [5.41, 5.74) is 2.70. The molecule has 0 fully saturated rings. The summed E-state index contributed by atoms with van der Waals surface area (Å²) in [5.74, 6) is 0.468. The van der Waals surface area contributed by atoms with Crippen LogP contribution in [0.1, 0.15) is 45.6 Å². The zero-order valence-corrected chi connectivity index (χ0v) is 12.2. The third-order valence-electron chi connectivity index (χ3n) is 2.68. The summed E-state index contributed by atoms with van der Waals surface area (Å²) in [6, 6.07) is 10.6. The lowest BCUT2D eigenvalue weighted by molar-refractivity contribution is 0.776. The minimum Gasteiger partial charge on any atom is -0.0991 e. The van der Waals surface area contributed by atoms with Crippen LogP contribution in [0.2, 0.25) is 0 Å². The summed E-state index contributed by atoms with van der Waals surface area (Å²) in [7, 11) is 0. The molecule has 0 radical (unpaired) electrons. The number of hydrogen-bond acceptors (Lipinski definition) is 0. The van der Waals surface area contributed by atoms with Crippen LogP contribution in [0.3, 0.4) is 0 Å². The first-order chi connectivity index (χ1) is 8.83. The van der Waals surface area contributed by atoms with E-state index < -0.39 is 0 Å². The Bertz CT molecular complexity index is 368. The van der Waals surface area contributed by atoms with E-state index in [4.69, 9.17) is 0 Å². The summed E-state index contributed by atoms with van der Waals surface area (Å²) in [6.07, 6.45) is 9.32. The minimum absolute atomic E-state index is 0.468. The van der Waals surface area contributed by atoms with E-state index in [1.165, 1.54) is 11.1 Å². The van der Waals surface area contributed by atoms with Crippen LogP contribution in [0.25, 0.3) is 0 Å². The molecule has 98 valence electrons. The Labute approximate surface area is 113 Å². The highest BCUT2D eigenvalue weighted by Gasteiger charge is 2.11. The highest BCUT2D eigenvalue weighted by Crippen LogP contribution is 2.28. The Hall–Kier alpha value is -1.56. The van der Waals surface area contributed by atoms with Crippen molar-refractivity contribution in [3.8, 4) is 0 Å². The van der Waals surface area contributed by atoms with Gasteiger partial charge in [-0.05, 0) is 24.5 Å². The van der Waals surface area contributed by atoms with E-state index in [1.54, 1.807) is 0 Å². The maximum absolute atomic E-state index is 3.78. The molecule has 0 aliphatic carbocycles. The highest BCUT2D eigenvalue weighted by molar-refractivity contribution is 5.36. The van der Waals surface area contributed by atoms with Gasteiger partial charge >= 0.3 is 0 Å². The highest BCUT2D eigenvalue weighted by atomic mass is 14.2. The van der Waals surface area contributed by atoms with Crippen LogP contribution in [0, 0.1) is 0 Å². The fraction of sp³-hybridized carbons (Fsp3) is 0.333. The summed E-state index contributed by atoms with van der Waals surface area (Å²) in [5, 5.41) is 0. The van der Waals surface area contributed by atoms with E-state index >= 15 is 0 Å². The van der Waals surface area contributed by atoms with Crippen molar-refractivity contribution in [1.29, 1.82) is 0 Å². The second-order valence-corrected chi connectivity index (χ2v) is 3.77. The maximum atomic E-state index is 3.78. The van der Waals surface area contributed by atoms with Gasteiger partial charge in [-0.15, -0.1) is 0 Å². The Kier molecular flexibility index (Phi) is 9.67. The standard InChI is InChI=1S/C16H20.C2H6/c1-4-10-14(11-5-2)16(6-3)15-12-8-7-9-13-15;1-2/h4-5,7-13,16H,1,6H2,2-3H3;1-2H3/b11-5-,14-10+;. The third kappa shape index (κ3) is 5.18. The van der Waals surface area contributed by atoms with Gasteiger partial charge in [0.2, 0.25) is 0 Å². The van der Waals surface area contributed by atoms with Gasteiger partial charge < -0.3 is 0 Å². The molecule has 1 aromatic carbocycles. The predicted octanol–water partition coefficient (Wildman–Crippen LogP) is 5.89. The molecule has 1 rings (SSSR count). The molecule has 1 unspecified atom stereocenters. The van der Waals surface area contributed by atoms with Crippen LogP contribution in [-0.4, -0.2) is 0 Å². The fourth-order valence-electron chi connectivity index (χ4n) is 1.97. The van der Waals surface area contributed by atoms with Gasteiger partial charge in [0.05, 0.1) is 0 Å². The van der Waals surface area contributed by atoms with Crippen molar-refractivity contribution in [2.24, 2.45) is 0 Å². The molecule has 0 heterocycles. The molecule has 0 saturated heterocycles. The Morgan fingerprint density at radius 2 is 1.83 bits per heavy atom. The molecule has 0 aliphatic heterocycles. The van der Waals surface area contributed by atoms with Gasteiger partial charge in [0.15, 0.2) is 0 Å². The van der Waals surface area contributed by atoms with E-state index in [-0.39, 0.29) is 0 Å². The molecule has 0 aliphatic rings. The molecular formula is C18H26. The monoisotopic (exact) mass is 242 g/mol. The quantitative estimate of drug-likeness (QED) is 0.564. The van der Waals surface area contributed by atoms with Crippen LogP contribution in [0.15, 0.2) is 66.8 Å². The molecule has 1 atom stereocenters. The average molecular weight is 242 g/mol. The lowest BCUT2D eigenvalue weighted by atomic mass is 9.88. The first-order valence-corrected chi connectivity index (χ1v) is 6.83. The predicted molar refractivity (Wildman–Crippen MR) is 83.9 cm³/mol. The zero-order valence-electron chi connectivity index (χ0n) is 12.2. The molecule has 1 aromatic rings. The molecule has 0 spiro atoms. The number of allylic oxidation sites excluding steroid dienone is 5. The van der Waals surface area contributed by atoms with E-state index in [1.807, 2.05) is 19.9 Å². The topological polar surface area (TPSA) is 0 Å². The van der Waals surface area contributed by atoms with Crippen LogP contribution in [-0.2, 0) is 0 Å². The second kappa shape index (κ2) is 10.6. The smallest absolute Gasteiger partial charge is 0.00866 e. The minimum atomic E-state index is 0.468. The molecule has 0 heteroatoms. The van der Waals surface area contributed by atoms with Gasteiger partial charge in [0.25, 0.3) is 0 Å². The largest absolute Gasteiger partial charge is 0.0991 e. The van der Waals surface area contributed by atoms with Crippen molar-refractivity contribution in [2.75, 3.05) is 0 Å². The SMILES string of the molecule is C=C/C=C(\C=C/C)C(CC)c1ccccc1.CC. The summed E-state index contributed by atoms with van der Waals surface area (Å²) >= 11 is 0. The third-order valence-corrected chi connectivity index (χ3v) is 2.68. The molecule has 0 bridgehead atoms. The van der Waals surface area contributed by atoms with Gasteiger partial charge in [-0.3, -0.25) is 0 Å². The van der Waals surface area contributed by atoms with Gasteiger partial charge in [0, 0.05) is 5.92 Å². The van der Waals surface area contributed by atoms with Gasteiger partial charge in [-0.1, -0.05) is 82.0 Å². The van der Waals surface area contributed by atoms with Crippen molar-refractivity contribution in [3.05, 3.63) is 72.4 Å². The molecule has 0 nitrogen and oxygen atoms in total. The number of rotatable bonds is 5. The summed E-state index contributed by atoms with van der Waals surface area (Å²) < 4.78 is 0. The van der Waals surface area contributed by atoms with Crippen molar-refractivity contribution in [3.63, 3.8) is 0 Å². The lowest BCUT2D eigenvalue weighted by Gasteiger charge is -2.16. The van der Waals surface area contributed by atoms with Crippen molar-refractivity contribution < 1.29 is 0 Å². The van der Waals surface area contributed by atoms with Crippen molar-refractivity contribution in [1.82, 2.24) is 0 Å². The van der Waals surface area contributed by atoms with Crippen molar-refractivity contribution in [2.45, 2.75) is 40.0 Å². The van der Waals surface area contributed by atoms with Crippen LogP contribution < -0.4 is 0 Å². The fourth-order valence-corrected chi connectivity index (χ4v) is 1.97. The van der Waals surface area contributed by atoms with E-state index in [9.17, 15) is 0 Å². The average Bonchev–Trinajstić information content (AvgIpc) is 2.43. The van der Waals surface area contributed by atoms with Gasteiger partial charge in [-0.25, -0.2) is 0 Å². The first kappa shape index (κ1) is 16.4. The molecule has 0 saturated carbocycles. The van der Waals surface area contributed by atoms with E-state index in [2.05, 4.69) is 69.0 Å². The summed E-state index contributed by atoms with van der Waals surface area (Å²) in [6.45, 7) is 12.1. The molecule has 18 heavy (non-hydrogen) atoms. The second-order valence-electron chi connectivity index (χ2n) is 3.77. The Balaban J connectivity index is 0.00000137. The zero-order chi connectivity index (χ0) is 13.8. The summed E-state index contributed by atoms with van der Waals surface area (Å²) in [4.78, 5) is 0. The van der Waals surface area contributed by atoms with E-state index in [0.717, 1.165) is 6.42 Å². The first-order valence-electron chi connectivity index (χ1n) is 6.83. The van der Waals surface area contributed by atoms with Crippen LogP contribution in [0.4, 0.5) is 0 Å². The number of benzene rings is 1. The normalized spacial score (nSPS) is 12.8. The van der Waals surface area contributed by atoms with E-state index in [0.29, 0.717) is 5.92 Å². The Morgan fingerprint density at radius 1 is 1.22 bits per heavy atom. The number of hydrogen-bond donors (Lipinski definition) is 0. The molecule has 0 amide bonds. The maximum Gasteiger partial charge on any atom is 0.00866 e. The lowest BCUT2D eigenvalue weighted by Crippen LogP contribution is -1.99.